The Bertz CT molecular complexity index is 1000. The molecule has 0 saturated heterocycles. The second-order valence-electron chi connectivity index (χ2n) is 7.25. The smallest absolute Gasteiger partial charge is 0.183 e. The molecule has 0 atom stereocenters. The number of aryl methyl sites for hydroxylation is 1. The number of unbranched alkanes of at least 4 members (excludes halogenated alkanes) is 2. The van der Waals surface area contributed by atoms with E-state index in [0.717, 1.165) is 53.7 Å². The van der Waals surface area contributed by atoms with E-state index in [1.54, 1.807) is 23.5 Å². The van der Waals surface area contributed by atoms with Gasteiger partial charge in [0.2, 0.25) is 0 Å². The van der Waals surface area contributed by atoms with Crippen LogP contribution in [0.25, 0.3) is 11.3 Å². The molecule has 0 aliphatic carbocycles. The standard InChI is InChI=1S/C24H30N4O3S/c1-3-26-24-27-22(17(2)32-24)18-7-11-20(12-8-18)30-15-5-4-6-16-31-21-13-9-19(10-14-21)23(25)28-29/h7-14,29H,3-6,15-16H2,1-2H3,(H2,25,28)(H,26,27). The molecule has 0 spiro atoms. The SMILES string of the molecule is CCNc1nc(-c2ccc(OCCCCCOc3ccc(C(N)=NO)cc3)cc2)c(C)s1. The van der Waals surface area contributed by atoms with E-state index < -0.39 is 0 Å². The number of hydrogen-bond donors (Lipinski definition) is 3. The van der Waals surface area contributed by atoms with Gasteiger partial charge in [0, 0.05) is 22.5 Å². The van der Waals surface area contributed by atoms with Crippen molar-refractivity contribution in [2.45, 2.75) is 33.1 Å². The monoisotopic (exact) mass is 454 g/mol. The Morgan fingerprint density at radius 3 is 2.16 bits per heavy atom. The molecular weight excluding hydrogens is 424 g/mol. The van der Waals surface area contributed by atoms with Crippen LogP contribution in [0.3, 0.4) is 0 Å². The van der Waals surface area contributed by atoms with Crippen molar-refractivity contribution >= 4 is 22.3 Å². The van der Waals surface area contributed by atoms with E-state index in [1.165, 1.54) is 4.88 Å². The van der Waals surface area contributed by atoms with Gasteiger partial charge < -0.3 is 25.7 Å². The van der Waals surface area contributed by atoms with E-state index in [0.29, 0.717) is 18.8 Å². The van der Waals surface area contributed by atoms with Gasteiger partial charge in [-0.1, -0.05) is 5.16 Å². The van der Waals surface area contributed by atoms with Crippen LogP contribution in [0.1, 0.15) is 36.6 Å². The van der Waals surface area contributed by atoms with Crippen molar-refractivity contribution in [2.24, 2.45) is 10.9 Å². The first-order valence-corrected chi connectivity index (χ1v) is 11.6. The molecule has 3 rings (SSSR count). The van der Waals surface area contributed by atoms with Gasteiger partial charge >= 0.3 is 0 Å². The molecule has 0 saturated carbocycles. The highest BCUT2D eigenvalue weighted by molar-refractivity contribution is 7.16. The normalized spacial score (nSPS) is 11.4. The predicted molar refractivity (Wildman–Crippen MR) is 130 cm³/mol. The van der Waals surface area contributed by atoms with Crippen molar-refractivity contribution in [1.82, 2.24) is 4.98 Å². The lowest BCUT2D eigenvalue weighted by Gasteiger charge is -2.08. The van der Waals surface area contributed by atoms with Crippen LogP contribution in [0.4, 0.5) is 5.13 Å². The average Bonchev–Trinajstić information content (AvgIpc) is 3.19. The summed E-state index contributed by atoms with van der Waals surface area (Å²) in [6, 6.07) is 15.3. The molecular formula is C24H30N4O3S. The average molecular weight is 455 g/mol. The lowest BCUT2D eigenvalue weighted by Crippen LogP contribution is -2.12. The summed E-state index contributed by atoms with van der Waals surface area (Å²) in [5.41, 5.74) is 8.33. The van der Waals surface area contributed by atoms with Gasteiger partial charge in [-0.15, -0.1) is 11.3 Å². The molecule has 3 aromatic rings. The molecule has 0 fully saturated rings. The van der Waals surface area contributed by atoms with E-state index >= 15 is 0 Å². The van der Waals surface area contributed by atoms with Crippen LogP contribution >= 0.6 is 11.3 Å². The maximum atomic E-state index is 8.68. The van der Waals surface area contributed by atoms with Crippen LogP contribution in [0, 0.1) is 6.92 Å². The fourth-order valence-electron chi connectivity index (χ4n) is 3.14. The van der Waals surface area contributed by atoms with Crippen LogP contribution in [0.5, 0.6) is 11.5 Å². The van der Waals surface area contributed by atoms with Crippen LogP contribution in [0.15, 0.2) is 53.7 Å². The Morgan fingerprint density at radius 1 is 1.00 bits per heavy atom. The Hall–Kier alpha value is -3.26. The summed E-state index contributed by atoms with van der Waals surface area (Å²) in [5, 5.41) is 15.9. The van der Waals surface area contributed by atoms with Crippen LogP contribution in [0.2, 0.25) is 0 Å². The quantitative estimate of drug-likeness (QED) is 0.113. The molecule has 2 aromatic carbocycles. The molecule has 8 heteroatoms. The van der Waals surface area contributed by atoms with Gasteiger partial charge in [-0.2, -0.15) is 0 Å². The molecule has 170 valence electrons. The van der Waals surface area contributed by atoms with Crippen molar-refractivity contribution in [2.75, 3.05) is 25.1 Å². The maximum Gasteiger partial charge on any atom is 0.183 e. The molecule has 1 aromatic heterocycles. The van der Waals surface area contributed by atoms with E-state index in [4.69, 9.17) is 20.4 Å². The van der Waals surface area contributed by atoms with Gasteiger partial charge in [-0.05, 0) is 81.6 Å². The van der Waals surface area contributed by atoms with Crippen molar-refractivity contribution in [3.05, 3.63) is 59.0 Å². The van der Waals surface area contributed by atoms with Gasteiger partial charge in [0.25, 0.3) is 0 Å². The molecule has 0 unspecified atom stereocenters. The van der Waals surface area contributed by atoms with Crippen molar-refractivity contribution in [3.8, 4) is 22.8 Å². The predicted octanol–water partition coefficient (Wildman–Crippen LogP) is 5.27. The van der Waals surface area contributed by atoms with Crippen molar-refractivity contribution < 1.29 is 14.7 Å². The van der Waals surface area contributed by atoms with Gasteiger partial charge in [0.15, 0.2) is 11.0 Å². The van der Waals surface area contributed by atoms with E-state index in [2.05, 4.69) is 41.4 Å². The summed E-state index contributed by atoms with van der Waals surface area (Å²) in [7, 11) is 0. The highest BCUT2D eigenvalue weighted by Gasteiger charge is 2.09. The van der Waals surface area contributed by atoms with Gasteiger partial charge in [-0.25, -0.2) is 4.98 Å². The molecule has 0 amide bonds. The third-order valence-electron chi connectivity index (χ3n) is 4.84. The number of nitrogens with zero attached hydrogens (tertiary/aromatic N) is 2. The molecule has 4 N–H and O–H groups in total. The summed E-state index contributed by atoms with van der Waals surface area (Å²) in [6.07, 6.45) is 2.93. The number of amidine groups is 1. The minimum atomic E-state index is 0.0860. The molecule has 7 nitrogen and oxygen atoms in total. The van der Waals surface area contributed by atoms with Gasteiger partial charge in [0.05, 0.1) is 18.9 Å². The zero-order valence-electron chi connectivity index (χ0n) is 18.5. The fraction of sp³-hybridized carbons (Fsp3) is 0.333. The molecule has 1 heterocycles. The first kappa shape index (κ1) is 23.4. The van der Waals surface area contributed by atoms with E-state index in [1.807, 2.05) is 24.3 Å². The Morgan fingerprint density at radius 2 is 1.59 bits per heavy atom. The van der Waals surface area contributed by atoms with Crippen LogP contribution in [-0.4, -0.2) is 35.8 Å². The van der Waals surface area contributed by atoms with Crippen molar-refractivity contribution in [1.29, 1.82) is 0 Å². The summed E-state index contributed by atoms with van der Waals surface area (Å²) < 4.78 is 11.6. The Balaban J connectivity index is 1.34. The molecule has 0 radical (unpaired) electrons. The number of oxime groups is 1. The van der Waals surface area contributed by atoms with E-state index in [-0.39, 0.29) is 5.84 Å². The van der Waals surface area contributed by atoms with Gasteiger partial charge in [-0.3, -0.25) is 0 Å². The Labute approximate surface area is 192 Å². The highest BCUT2D eigenvalue weighted by atomic mass is 32.1. The minimum Gasteiger partial charge on any atom is -0.494 e. The molecule has 0 bridgehead atoms. The summed E-state index contributed by atoms with van der Waals surface area (Å²) in [6.45, 7) is 6.35. The first-order chi connectivity index (χ1) is 15.6. The molecule has 32 heavy (non-hydrogen) atoms. The van der Waals surface area contributed by atoms with Crippen LogP contribution < -0.4 is 20.5 Å². The summed E-state index contributed by atoms with van der Waals surface area (Å²) >= 11 is 1.68. The zero-order valence-corrected chi connectivity index (χ0v) is 19.3. The third-order valence-corrected chi connectivity index (χ3v) is 5.76. The minimum absolute atomic E-state index is 0.0860. The fourth-order valence-corrected chi connectivity index (χ4v) is 4.04. The van der Waals surface area contributed by atoms with Gasteiger partial charge in [0.1, 0.15) is 11.5 Å². The molecule has 0 aliphatic rings. The number of benzene rings is 2. The second kappa shape index (κ2) is 12.0. The molecule has 0 aliphatic heterocycles. The van der Waals surface area contributed by atoms with Crippen LogP contribution in [-0.2, 0) is 0 Å². The number of nitrogens with one attached hydrogen (secondary N) is 1. The number of rotatable bonds is 12. The number of nitrogens with two attached hydrogens (primary N) is 1. The number of ether oxygens (including phenoxy) is 2. The van der Waals surface area contributed by atoms with Crippen molar-refractivity contribution in [3.63, 3.8) is 0 Å². The lowest BCUT2D eigenvalue weighted by atomic mass is 10.1. The lowest BCUT2D eigenvalue weighted by molar-refractivity contribution is 0.279. The second-order valence-corrected chi connectivity index (χ2v) is 8.45. The third kappa shape index (κ3) is 6.62. The summed E-state index contributed by atoms with van der Waals surface area (Å²) in [4.78, 5) is 5.88. The number of anilines is 1. The summed E-state index contributed by atoms with van der Waals surface area (Å²) in [5.74, 6) is 1.72. The maximum absolute atomic E-state index is 8.68. The zero-order chi connectivity index (χ0) is 22.8. The number of aromatic nitrogens is 1. The Kier molecular flexibility index (Phi) is 8.74. The highest BCUT2D eigenvalue weighted by Crippen LogP contribution is 2.31. The number of hydrogen-bond acceptors (Lipinski definition) is 7. The first-order valence-electron chi connectivity index (χ1n) is 10.8. The number of thiazole rings is 1. The van der Waals surface area contributed by atoms with E-state index in [9.17, 15) is 0 Å². The topological polar surface area (TPSA) is 102 Å². The largest absolute Gasteiger partial charge is 0.494 e.